The quantitative estimate of drug-likeness (QED) is 0.139. The van der Waals surface area contributed by atoms with Crippen LogP contribution in [-0.4, -0.2) is 55.7 Å². The van der Waals surface area contributed by atoms with Crippen LogP contribution in [0.3, 0.4) is 0 Å². The van der Waals surface area contributed by atoms with Crippen molar-refractivity contribution in [1.82, 2.24) is 0 Å². The van der Waals surface area contributed by atoms with Gasteiger partial charge in [0.05, 0.1) is 6.10 Å². The van der Waals surface area contributed by atoms with E-state index < -0.39 is 40.9 Å². The number of aliphatic hydroxyl groups excluding tert-OH is 1. The monoisotopic (exact) mass is 646 g/mol. The van der Waals surface area contributed by atoms with E-state index in [0.717, 1.165) is 17.7 Å². The number of aldehydes is 1. The van der Waals surface area contributed by atoms with Crippen LogP contribution in [0.2, 0.25) is 0 Å². The highest BCUT2D eigenvalue weighted by molar-refractivity contribution is 5.75. The van der Waals surface area contributed by atoms with E-state index in [4.69, 9.17) is 4.74 Å². The largest absolute Gasteiger partial charge is 0.390 e. The molecule has 7 heteroatoms. The average molecular weight is 647 g/mol. The smallest absolute Gasteiger partial charge is 0.150 e. The van der Waals surface area contributed by atoms with Crippen molar-refractivity contribution in [1.29, 1.82) is 0 Å². The van der Waals surface area contributed by atoms with Crippen LogP contribution < -0.4 is 0 Å². The van der Waals surface area contributed by atoms with Crippen molar-refractivity contribution in [2.24, 2.45) is 0 Å². The molecule has 6 rings (SSSR count). The third kappa shape index (κ3) is 6.48. The van der Waals surface area contributed by atoms with Gasteiger partial charge >= 0.3 is 0 Å². The van der Waals surface area contributed by atoms with Gasteiger partial charge in [-0.1, -0.05) is 121 Å². The molecule has 5 aromatic carbocycles. The Morgan fingerprint density at radius 1 is 0.646 bits per heavy atom. The molecule has 6 nitrogen and oxygen atoms in total. The van der Waals surface area contributed by atoms with E-state index in [0.29, 0.717) is 23.0 Å². The number of carbonyl (C=O) groups excluding carboxylic acids is 1. The second-order valence-electron chi connectivity index (χ2n) is 12.8. The maximum absolute atomic E-state index is 15.1. The summed E-state index contributed by atoms with van der Waals surface area (Å²) in [4.78, 5) is 11.9. The number of carbonyl (C=O) groups is 1. The molecular weight excluding hydrogens is 607 g/mol. The van der Waals surface area contributed by atoms with Crippen LogP contribution in [0.15, 0.2) is 140 Å². The molecule has 1 unspecified atom stereocenters. The highest BCUT2D eigenvalue weighted by atomic mass is 19.1. The van der Waals surface area contributed by atoms with E-state index in [1.807, 2.05) is 48.5 Å². The third-order valence-electron chi connectivity index (χ3n) is 9.57. The molecule has 0 saturated carbocycles. The fraction of sp³-hybridized carbons (Fsp3) is 0.244. The van der Waals surface area contributed by atoms with Gasteiger partial charge in [0.2, 0.25) is 0 Å². The summed E-state index contributed by atoms with van der Waals surface area (Å²) < 4.78 is 21.8. The first-order valence-electron chi connectivity index (χ1n) is 16.1. The van der Waals surface area contributed by atoms with E-state index in [9.17, 15) is 25.2 Å². The second-order valence-corrected chi connectivity index (χ2v) is 12.8. The molecule has 1 saturated heterocycles. The SMILES string of the molecule is O=Cc1cc(F)cc([C@@H]2O[C@H](C(O)Cc3ccccc3)[C@](O)(Cc3ccccc3)[C@@](O)(Cc3ccccc3)[C@]2(O)Cc2ccccc2)c1. The lowest BCUT2D eigenvalue weighted by molar-refractivity contribution is -0.368. The van der Waals surface area contributed by atoms with Gasteiger partial charge in [-0.15, -0.1) is 0 Å². The lowest BCUT2D eigenvalue weighted by Crippen LogP contribution is -2.81. The Morgan fingerprint density at radius 2 is 1.10 bits per heavy atom. The van der Waals surface area contributed by atoms with Gasteiger partial charge in [-0.3, -0.25) is 4.79 Å². The first-order chi connectivity index (χ1) is 23.1. The van der Waals surface area contributed by atoms with Crippen LogP contribution in [0.1, 0.15) is 44.3 Å². The van der Waals surface area contributed by atoms with Crippen LogP contribution in [-0.2, 0) is 30.4 Å². The molecule has 0 spiro atoms. The van der Waals surface area contributed by atoms with Crippen LogP contribution in [0.5, 0.6) is 0 Å². The standard InChI is InChI=1S/C41H39FO6/c42-35-22-33(28-43)21-34(24-35)37-39(45,25-30-15-7-2-8-16-30)41(47,27-32-19-11-4-12-20-32)40(46,26-31-17-9-3-10-18-31)38(48-37)36(44)23-29-13-5-1-6-14-29/h1-22,24,28,36-38,44-47H,23,25-27H2/t36?,37-,38+,39-,40+,41+/m0/s1. The highest BCUT2D eigenvalue weighted by Crippen LogP contribution is 2.55. The van der Waals surface area contributed by atoms with E-state index in [1.165, 1.54) is 6.07 Å². The summed E-state index contributed by atoms with van der Waals surface area (Å²) in [6.45, 7) is 0. The number of hydrogen-bond acceptors (Lipinski definition) is 6. The number of ether oxygens (including phenoxy) is 1. The molecule has 246 valence electrons. The Balaban J connectivity index is 1.61. The average Bonchev–Trinajstić information content (AvgIpc) is 3.09. The maximum Gasteiger partial charge on any atom is 0.150 e. The Hall–Kier alpha value is -4.50. The van der Waals surface area contributed by atoms with E-state index in [1.54, 1.807) is 72.8 Å². The zero-order valence-corrected chi connectivity index (χ0v) is 26.4. The molecule has 0 bridgehead atoms. The molecule has 5 aromatic rings. The molecule has 0 amide bonds. The summed E-state index contributed by atoms with van der Waals surface area (Å²) in [6.07, 6.45) is -4.47. The molecule has 4 N–H and O–H groups in total. The van der Waals surface area contributed by atoms with Gasteiger partial charge < -0.3 is 25.2 Å². The molecular formula is C41H39FO6. The maximum atomic E-state index is 15.1. The Kier molecular flexibility index (Phi) is 9.69. The van der Waals surface area contributed by atoms with Crippen molar-refractivity contribution < 1.29 is 34.3 Å². The molecule has 6 atom stereocenters. The van der Waals surface area contributed by atoms with Crippen molar-refractivity contribution >= 4 is 6.29 Å². The summed E-state index contributed by atoms with van der Waals surface area (Å²) in [7, 11) is 0. The van der Waals surface area contributed by atoms with Crippen molar-refractivity contribution in [3.63, 3.8) is 0 Å². The first-order valence-corrected chi connectivity index (χ1v) is 16.1. The van der Waals surface area contributed by atoms with Crippen LogP contribution in [0.4, 0.5) is 4.39 Å². The molecule has 1 heterocycles. The third-order valence-corrected chi connectivity index (χ3v) is 9.57. The Bertz CT molecular complexity index is 1810. The molecule has 1 aliphatic heterocycles. The predicted octanol–water partition coefficient (Wildman–Crippen LogP) is 5.60. The minimum Gasteiger partial charge on any atom is -0.390 e. The molecule has 48 heavy (non-hydrogen) atoms. The fourth-order valence-corrected chi connectivity index (χ4v) is 7.28. The molecule has 1 fully saturated rings. The lowest BCUT2D eigenvalue weighted by atomic mass is 9.56. The molecule has 0 aliphatic carbocycles. The summed E-state index contributed by atoms with van der Waals surface area (Å²) >= 11 is 0. The van der Waals surface area contributed by atoms with Crippen molar-refractivity contribution in [3.8, 4) is 0 Å². The van der Waals surface area contributed by atoms with Gasteiger partial charge in [-0.2, -0.15) is 0 Å². The van der Waals surface area contributed by atoms with Gasteiger partial charge in [-0.05, 0) is 46.0 Å². The number of rotatable bonds is 11. The normalized spacial score (nSPS) is 26.1. The number of hydrogen-bond donors (Lipinski definition) is 4. The van der Waals surface area contributed by atoms with Gasteiger partial charge in [0.1, 0.15) is 41.1 Å². The fourth-order valence-electron chi connectivity index (χ4n) is 7.28. The van der Waals surface area contributed by atoms with Crippen molar-refractivity contribution in [2.45, 2.75) is 60.8 Å². The molecule has 0 radical (unpaired) electrons. The zero-order chi connectivity index (χ0) is 33.8. The molecule has 1 aliphatic rings. The zero-order valence-electron chi connectivity index (χ0n) is 26.4. The van der Waals surface area contributed by atoms with E-state index in [2.05, 4.69) is 0 Å². The van der Waals surface area contributed by atoms with Crippen molar-refractivity contribution in [3.05, 3.63) is 179 Å². The summed E-state index contributed by atoms with van der Waals surface area (Å²) in [6, 6.07) is 39.8. The molecule has 0 aromatic heterocycles. The van der Waals surface area contributed by atoms with Crippen LogP contribution in [0, 0.1) is 5.82 Å². The highest BCUT2D eigenvalue weighted by Gasteiger charge is 2.72. The summed E-state index contributed by atoms with van der Waals surface area (Å²) in [5.74, 6) is -0.738. The summed E-state index contributed by atoms with van der Waals surface area (Å²) in [5.41, 5.74) is -4.33. The first kappa shape index (κ1) is 33.4. The van der Waals surface area contributed by atoms with E-state index in [-0.39, 0.29) is 36.8 Å². The number of aliphatic hydroxyl groups is 4. The second kappa shape index (κ2) is 13.9. The Morgan fingerprint density at radius 3 is 1.60 bits per heavy atom. The van der Waals surface area contributed by atoms with Crippen LogP contribution in [0.25, 0.3) is 0 Å². The topological polar surface area (TPSA) is 107 Å². The van der Waals surface area contributed by atoms with Gasteiger partial charge in [0, 0.05) is 31.2 Å². The number of benzene rings is 5. The van der Waals surface area contributed by atoms with Gasteiger partial charge in [0.15, 0.2) is 0 Å². The van der Waals surface area contributed by atoms with Crippen molar-refractivity contribution in [2.75, 3.05) is 0 Å². The van der Waals surface area contributed by atoms with Gasteiger partial charge in [0.25, 0.3) is 0 Å². The summed E-state index contributed by atoms with van der Waals surface area (Å²) in [5, 5.41) is 51.9. The van der Waals surface area contributed by atoms with E-state index >= 15 is 4.39 Å². The lowest BCUT2D eigenvalue weighted by Gasteiger charge is -2.62. The minimum atomic E-state index is -2.42. The predicted molar refractivity (Wildman–Crippen MR) is 181 cm³/mol. The Labute approximate surface area is 279 Å². The minimum absolute atomic E-state index is 0.00812. The number of halogens is 1. The van der Waals surface area contributed by atoms with Gasteiger partial charge in [-0.25, -0.2) is 4.39 Å². The van der Waals surface area contributed by atoms with Crippen LogP contribution >= 0.6 is 0 Å².